The van der Waals surface area contributed by atoms with Crippen molar-refractivity contribution in [3.63, 3.8) is 0 Å². The van der Waals surface area contributed by atoms with Crippen molar-refractivity contribution in [2.24, 2.45) is 0 Å². The van der Waals surface area contributed by atoms with E-state index in [9.17, 15) is 14.9 Å². The highest BCUT2D eigenvalue weighted by Gasteiger charge is 2.26. The summed E-state index contributed by atoms with van der Waals surface area (Å²) in [5.41, 5.74) is -0.0933. The summed E-state index contributed by atoms with van der Waals surface area (Å²) in [6.45, 7) is 2.94. The molecular weight excluding hydrogens is 326 g/mol. The topological polar surface area (TPSA) is 84.3 Å². The van der Waals surface area contributed by atoms with Crippen molar-refractivity contribution in [3.8, 4) is 0 Å². The molecule has 2 atom stereocenters. The smallest absolute Gasteiger partial charge is 0.283 e. The zero-order chi connectivity index (χ0) is 14.7. The fraction of sp³-hybridized carbons (Fsp3) is 0.462. The summed E-state index contributed by atoms with van der Waals surface area (Å²) >= 11 is 3.18. The Kier molecular flexibility index (Phi) is 4.72. The average molecular weight is 342 g/mol. The number of benzene rings is 1. The van der Waals surface area contributed by atoms with E-state index in [2.05, 4.69) is 26.6 Å². The summed E-state index contributed by atoms with van der Waals surface area (Å²) in [4.78, 5) is 22.7. The number of halogens is 1. The van der Waals surface area contributed by atoms with E-state index >= 15 is 0 Å². The number of nitrogens with one attached hydrogen (secondary N) is 2. The number of piperidine rings is 1. The summed E-state index contributed by atoms with van der Waals surface area (Å²) in [5.74, 6) is -0.398. The molecule has 2 N–H and O–H groups in total. The Morgan fingerprint density at radius 1 is 1.55 bits per heavy atom. The lowest BCUT2D eigenvalue weighted by atomic mass is 9.99. The number of amides is 1. The molecule has 0 aliphatic carbocycles. The average Bonchev–Trinajstić information content (AvgIpc) is 2.41. The fourth-order valence-electron chi connectivity index (χ4n) is 2.34. The summed E-state index contributed by atoms with van der Waals surface area (Å²) in [5, 5.41) is 17.2. The first-order valence-electron chi connectivity index (χ1n) is 6.47. The molecule has 1 fully saturated rings. The van der Waals surface area contributed by atoms with Crippen molar-refractivity contribution < 1.29 is 9.72 Å². The largest absolute Gasteiger partial charge is 0.348 e. The SMILES string of the molecule is CC1NCCCC1NC(=O)c1ccc(Br)cc1[N+](=O)[O-]. The van der Waals surface area contributed by atoms with Crippen molar-refractivity contribution in [1.29, 1.82) is 0 Å². The number of nitrogens with zero attached hydrogens (tertiary/aromatic N) is 1. The van der Waals surface area contributed by atoms with Gasteiger partial charge in [0.05, 0.1) is 4.92 Å². The molecule has 1 aliphatic rings. The van der Waals surface area contributed by atoms with Gasteiger partial charge in [-0.1, -0.05) is 15.9 Å². The first-order valence-corrected chi connectivity index (χ1v) is 7.26. The summed E-state index contributed by atoms with van der Waals surface area (Å²) in [7, 11) is 0. The molecule has 1 saturated heterocycles. The van der Waals surface area contributed by atoms with Crippen molar-refractivity contribution in [1.82, 2.24) is 10.6 Å². The molecule has 0 saturated carbocycles. The highest BCUT2D eigenvalue weighted by Crippen LogP contribution is 2.24. The molecule has 2 unspecified atom stereocenters. The molecule has 7 heteroatoms. The van der Waals surface area contributed by atoms with E-state index in [-0.39, 0.29) is 23.3 Å². The molecule has 0 aromatic heterocycles. The Balaban J connectivity index is 2.18. The van der Waals surface area contributed by atoms with Crippen LogP contribution in [0.3, 0.4) is 0 Å². The second-order valence-electron chi connectivity index (χ2n) is 4.88. The van der Waals surface area contributed by atoms with Crippen molar-refractivity contribution in [2.45, 2.75) is 31.8 Å². The Hall–Kier alpha value is -1.47. The molecular formula is C13H16BrN3O3. The van der Waals surface area contributed by atoms with Crippen LogP contribution in [-0.4, -0.2) is 29.5 Å². The van der Waals surface area contributed by atoms with Crippen LogP contribution in [0.4, 0.5) is 5.69 Å². The third-order valence-electron chi connectivity index (χ3n) is 3.48. The van der Waals surface area contributed by atoms with Crippen LogP contribution in [0, 0.1) is 10.1 Å². The fourth-order valence-corrected chi connectivity index (χ4v) is 2.68. The van der Waals surface area contributed by atoms with E-state index in [0.29, 0.717) is 4.47 Å². The van der Waals surface area contributed by atoms with Crippen molar-refractivity contribution in [3.05, 3.63) is 38.3 Å². The van der Waals surface area contributed by atoms with Crippen LogP contribution in [0.2, 0.25) is 0 Å². The highest BCUT2D eigenvalue weighted by molar-refractivity contribution is 9.10. The summed E-state index contributed by atoms with van der Waals surface area (Å²) < 4.78 is 0.577. The molecule has 1 aromatic rings. The molecule has 6 nitrogen and oxygen atoms in total. The minimum Gasteiger partial charge on any atom is -0.348 e. The van der Waals surface area contributed by atoms with Crippen molar-refractivity contribution >= 4 is 27.5 Å². The minimum atomic E-state index is -0.539. The monoisotopic (exact) mass is 341 g/mol. The zero-order valence-electron chi connectivity index (χ0n) is 11.1. The Morgan fingerprint density at radius 3 is 2.95 bits per heavy atom. The van der Waals surface area contributed by atoms with Gasteiger partial charge in [0.1, 0.15) is 5.56 Å². The molecule has 20 heavy (non-hydrogen) atoms. The number of rotatable bonds is 3. The number of nitro benzene ring substituents is 1. The Morgan fingerprint density at radius 2 is 2.30 bits per heavy atom. The van der Waals surface area contributed by atoms with E-state index < -0.39 is 10.8 Å². The second-order valence-corrected chi connectivity index (χ2v) is 5.80. The summed E-state index contributed by atoms with van der Waals surface area (Å²) in [6, 6.07) is 4.61. The van der Waals surface area contributed by atoms with E-state index in [1.165, 1.54) is 12.1 Å². The normalized spacial score (nSPS) is 22.3. The maximum Gasteiger partial charge on any atom is 0.283 e. The number of hydrogen-bond donors (Lipinski definition) is 2. The maximum absolute atomic E-state index is 12.2. The third kappa shape index (κ3) is 3.34. The molecule has 1 aliphatic heterocycles. The molecule has 2 rings (SSSR count). The lowest BCUT2D eigenvalue weighted by Crippen LogP contribution is -2.51. The standard InChI is InChI=1S/C13H16BrN3O3/c1-8-11(3-2-6-15-8)16-13(18)10-5-4-9(14)7-12(10)17(19)20/h4-5,7-8,11,15H,2-3,6H2,1H3,(H,16,18). The quantitative estimate of drug-likeness (QED) is 0.652. The predicted octanol–water partition coefficient (Wildman–Crippen LogP) is 2.23. The zero-order valence-corrected chi connectivity index (χ0v) is 12.6. The maximum atomic E-state index is 12.2. The van der Waals surface area contributed by atoms with Gasteiger partial charge in [0, 0.05) is 22.6 Å². The third-order valence-corrected chi connectivity index (χ3v) is 3.97. The first kappa shape index (κ1) is 14.9. The molecule has 1 amide bonds. The van der Waals surface area contributed by atoms with Crippen molar-refractivity contribution in [2.75, 3.05) is 6.54 Å². The second kappa shape index (κ2) is 6.32. The summed E-state index contributed by atoms with van der Waals surface area (Å²) in [6.07, 6.45) is 1.86. The molecule has 0 radical (unpaired) electrons. The highest BCUT2D eigenvalue weighted by atomic mass is 79.9. The van der Waals surface area contributed by atoms with E-state index in [4.69, 9.17) is 0 Å². The molecule has 1 heterocycles. The van der Waals surface area contributed by atoms with Crippen LogP contribution >= 0.6 is 15.9 Å². The van der Waals surface area contributed by atoms with Crippen LogP contribution < -0.4 is 10.6 Å². The van der Waals surface area contributed by atoms with Gasteiger partial charge >= 0.3 is 0 Å². The molecule has 1 aromatic carbocycles. The van der Waals surface area contributed by atoms with Gasteiger partial charge in [-0.25, -0.2) is 0 Å². The Bertz CT molecular complexity index is 536. The van der Waals surface area contributed by atoms with Gasteiger partial charge in [0.25, 0.3) is 11.6 Å². The minimum absolute atomic E-state index is 0.000462. The van der Waals surface area contributed by atoms with Crippen LogP contribution in [0.25, 0.3) is 0 Å². The van der Waals surface area contributed by atoms with Crippen LogP contribution in [-0.2, 0) is 0 Å². The van der Waals surface area contributed by atoms with Crippen LogP contribution in [0.5, 0.6) is 0 Å². The molecule has 0 spiro atoms. The van der Waals surface area contributed by atoms with Crippen LogP contribution in [0.15, 0.2) is 22.7 Å². The predicted molar refractivity (Wildman–Crippen MR) is 78.7 cm³/mol. The van der Waals surface area contributed by atoms with Gasteiger partial charge < -0.3 is 10.6 Å². The van der Waals surface area contributed by atoms with Gasteiger partial charge in [0.2, 0.25) is 0 Å². The molecule has 108 valence electrons. The van der Waals surface area contributed by atoms with E-state index in [1.54, 1.807) is 6.07 Å². The number of carbonyl (C=O) groups excluding carboxylic acids is 1. The number of hydrogen-bond acceptors (Lipinski definition) is 4. The lowest BCUT2D eigenvalue weighted by Gasteiger charge is -2.30. The van der Waals surface area contributed by atoms with Gasteiger partial charge in [-0.2, -0.15) is 0 Å². The van der Waals surface area contributed by atoms with Gasteiger partial charge in [-0.05, 0) is 38.4 Å². The first-order chi connectivity index (χ1) is 9.49. The Labute approximate surface area is 125 Å². The lowest BCUT2D eigenvalue weighted by molar-refractivity contribution is -0.385. The van der Waals surface area contributed by atoms with E-state index in [0.717, 1.165) is 19.4 Å². The van der Waals surface area contributed by atoms with Crippen LogP contribution in [0.1, 0.15) is 30.1 Å². The number of carbonyl (C=O) groups is 1. The molecule has 0 bridgehead atoms. The number of nitro groups is 1. The van der Waals surface area contributed by atoms with E-state index in [1.807, 2.05) is 6.92 Å². The van der Waals surface area contributed by atoms with Gasteiger partial charge in [0.15, 0.2) is 0 Å². The van der Waals surface area contributed by atoms with Gasteiger partial charge in [-0.15, -0.1) is 0 Å². The van der Waals surface area contributed by atoms with Gasteiger partial charge in [-0.3, -0.25) is 14.9 Å².